The maximum Gasteiger partial charge on any atom is 0.105 e. The normalized spacial score (nSPS) is 19.7. The molecule has 1 N–H and O–H groups in total. The Bertz CT molecular complexity index is 421. The van der Waals surface area contributed by atoms with Crippen LogP contribution in [0.15, 0.2) is 24.3 Å². The minimum absolute atomic E-state index is 0.0698. The van der Waals surface area contributed by atoms with Gasteiger partial charge in [0.1, 0.15) is 6.10 Å². The van der Waals surface area contributed by atoms with Gasteiger partial charge >= 0.3 is 0 Å². The quantitative estimate of drug-likeness (QED) is 0.835. The Labute approximate surface area is 129 Å². The minimum Gasteiger partial charge on any atom is -0.386 e. The van der Waals surface area contributed by atoms with E-state index in [1.54, 1.807) is 7.11 Å². The van der Waals surface area contributed by atoms with E-state index in [-0.39, 0.29) is 6.10 Å². The first-order valence-electron chi connectivity index (χ1n) is 8.41. The Kier molecular flexibility index (Phi) is 6.25. The number of ether oxygens (including phenoxy) is 1. The highest BCUT2D eigenvalue weighted by Crippen LogP contribution is 2.34. The lowest BCUT2D eigenvalue weighted by molar-refractivity contribution is -0.0559. The van der Waals surface area contributed by atoms with Gasteiger partial charge < -0.3 is 9.84 Å². The fraction of sp³-hybridized carbons (Fsp3) is 0.684. The molecule has 0 aliphatic heterocycles. The van der Waals surface area contributed by atoms with Gasteiger partial charge in [0.05, 0.1) is 6.10 Å². The molecule has 2 atom stereocenters. The summed E-state index contributed by atoms with van der Waals surface area (Å²) < 4.78 is 5.68. The average Bonchev–Trinajstić information content (AvgIpc) is 2.48. The molecule has 1 aromatic rings. The van der Waals surface area contributed by atoms with Crippen LogP contribution >= 0.6 is 0 Å². The van der Waals surface area contributed by atoms with Crippen LogP contribution in [0.1, 0.15) is 63.2 Å². The van der Waals surface area contributed by atoms with Crippen molar-refractivity contribution in [3.05, 3.63) is 35.4 Å². The predicted octanol–water partition coefficient (Wildman–Crippen LogP) is 4.51. The molecule has 2 unspecified atom stereocenters. The zero-order chi connectivity index (χ0) is 15.2. The van der Waals surface area contributed by atoms with Crippen LogP contribution in [0.5, 0.6) is 0 Å². The second-order valence-electron chi connectivity index (χ2n) is 6.89. The van der Waals surface area contributed by atoms with Crippen molar-refractivity contribution < 1.29 is 9.84 Å². The molecule has 0 bridgehead atoms. The number of hydrogen-bond acceptors (Lipinski definition) is 2. The number of methoxy groups -OCH3 is 1. The summed E-state index contributed by atoms with van der Waals surface area (Å²) in [5.41, 5.74) is 2.31. The molecular formula is C19H30O2. The summed E-state index contributed by atoms with van der Waals surface area (Å²) in [4.78, 5) is 0. The number of aliphatic hydroxyl groups is 1. The average molecular weight is 290 g/mol. The second-order valence-corrected chi connectivity index (χ2v) is 6.89. The van der Waals surface area contributed by atoms with Crippen molar-refractivity contribution in [3.8, 4) is 0 Å². The molecule has 1 saturated carbocycles. The van der Waals surface area contributed by atoms with Crippen LogP contribution in [-0.4, -0.2) is 18.3 Å². The van der Waals surface area contributed by atoms with E-state index in [0.717, 1.165) is 12.0 Å². The van der Waals surface area contributed by atoms with Gasteiger partial charge in [0.25, 0.3) is 0 Å². The van der Waals surface area contributed by atoms with Crippen LogP contribution in [0.4, 0.5) is 0 Å². The highest BCUT2D eigenvalue weighted by atomic mass is 16.5. The van der Waals surface area contributed by atoms with Crippen LogP contribution < -0.4 is 0 Å². The third kappa shape index (κ3) is 4.55. The van der Waals surface area contributed by atoms with Crippen molar-refractivity contribution in [2.45, 2.75) is 64.6 Å². The summed E-state index contributed by atoms with van der Waals surface area (Å²) in [5, 5.41) is 10.8. The molecule has 0 spiro atoms. The van der Waals surface area contributed by atoms with Crippen LogP contribution in [0.25, 0.3) is 0 Å². The van der Waals surface area contributed by atoms with Gasteiger partial charge in [-0.25, -0.2) is 0 Å². The van der Waals surface area contributed by atoms with Crippen molar-refractivity contribution in [3.63, 3.8) is 0 Å². The fourth-order valence-corrected chi connectivity index (χ4v) is 3.61. The van der Waals surface area contributed by atoms with Crippen LogP contribution in [0.2, 0.25) is 0 Å². The second kappa shape index (κ2) is 7.95. The molecular weight excluding hydrogens is 260 g/mol. The van der Waals surface area contributed by atoms with Gasteiger partial charge in [-0.1, -0.05) is 57.4 Å². The molecule has 2 nitrogen and oxygen atoms in total. The van der Waals surface area contributed by atoms with E-state index in [4.69, 9.17) is 4.74 Å². The first-order valence-corrected chi connectivity index (χ1v) is 8.41. The van der Waals surface area contributed by atoms with Gasteiger partial charge in [-0.3, -0.25) is 0 Å². The number of hydrogen-bond donors (Lipinski definition) is 1. The minimum atomic E-state index is -0.509. The summed E-state index contributed by atoms with van der Waals surface area (Å²) >= 11 is 0. The fourth-order valence-electron chi connectivity index (χ4n) is 3.61. The largest absolute Gasteiger partial charge is 0.386 e. The van der Waals surface area contributed by atoms with E-state index in [1.807, 2.05) is 6.07 Å². The maximum atomic E-state index is 10.8. The van der Waals surface area contributed by atoms with Crippen molar-refractivity contribution in [1.82, 2.24) is 0 Å². The SMILES string of the molecule is COC(C1CCCCC1)C(O)c1cccc(CC(C)C)c1. The highest BCUT2D eigenvalue weighted by Gasteiger charge is 2.30. The Morgan fingerprint density at radius 1 is 1.19 bits per heavy atom. The molecule has 0 aromatic heterocycles. The summed E-state index contributed by atoms with van der Waals surface area (Å²) in [6, 6.07) is 8.39. The molecule has 118 valence electrons. The van der Waals surface area contributed by atoms with E-state index in [9.17, 15) is 5.11 Å². The number of aliphatic hydroxyl groups excluding tert-OH is 1. The molecule has 0 amide bonds. The highest BCUT2D eigenvalue weighted by molar-refractivity contribution is 5.26. The van der Waals surface area contributed by atoms with Gasteiger partial charge in [0, 0.05) is 7.11 Å². The Hall–Kier alpha value is -0.860. The summed E-state index contributed by atoms with van der Waals surface area (Å²) in [5.74, 6) is 1.13. The third-order valence-electron chi connectivity index (χ3n) is 4.63. The zero-order valence-corrected chi connectivity index (χ0v) is 13.7. The zero-order valence-electron chi connectivity index (χ0n) is 13.7. The predicted molar refractivity (Wildman–Crippen MR) is 87.3 cm³/mol. The van der Waals surface area contributed by atoms with Gasteiger partial charge in [-0.15, -0.1) is 0 Å². The summed E-state index contributed by atoms with van der Waals surface area (Å²) in [6.45, 7) is 4.45. The Balaban J connectivity index is 2.10. The van der Waals surface area contributed by atoms with Crippen LogP contribution in [0, 0.1) is 11.8 Å². The summed E-state index contributed by atoms with van der Waals surface area (Å²) in [6.07, 6.45) is 6.71. The Morgan fingerprint density at radius 3 is 2.52 bits per heavy atom. The number of rotatable bonds is 6. The molecule has 0 saturated heterocycles. The lowest BCUT2D eigenvalue weighted by atomic mass is 9.81. The van der Waals surface area contributed by atoms with E-state index < -0.39 is 6.10 Å². The Morgan fingerprint density at radius 2 is 1.90 bits per heavy atom. The molecule has 1 fully saturated rings. The lowest BCUT2D eigenvalue weighted by Gasteiger charge is -2.32. The molecule has 1 aliphatic rings. The molecule has 2 rings (SSSR count). The van der Waals surface area contributed by atoms with Gasteiger partial charge in [0.2, 0.25) is 0 Å². The molecule has 0 heterocycles. The van der Waals surface area contributed by atoms with Gasteiger partial charge in [-0.2, -0.15) is 0 Å². The maximum absolute atomic E-state index is 10.8. The first kappa shape index (κ1) is 16.5. The molecule has 0 radical (unpaired) electrons. The van der Waals surface area contributed by atoms with Crippen LogP contribution in [0.3, 0.4) is 0 Å². The van der Waals surface area contributed by atoms with Crippen molar-refractivity contribution in [1.29, 1.82) is 0 Å². The van der Waals surface area contributed by atoms with Gasteiger partial charge in [-0.05, 0) is 42.2 Å². The van der Waals surface area contributed by atoms with Crippen molar-refractivity contribution in [2.24, 2.45) is 11.8 Å². The molecule has 1 aromatic carbocycles. The number of benzene rings is 1. The topological polar surface area (TPSA) is 29.5 Å². The van der Waals surface area contributed by atoms with Crippen molar-refractivity contribution >= 4 is 0 Å². The van der Waals surface area contributed by atoms with Crippen molar-refractivity contribution in [2.75, 3.05) is 7.11 Å². The van der Waals surface area contributed by atoms with Crippen LogP contribution in [-0.2, 0) is 11.2 Å². The molecule has 21 heavy (non-hydrogen) atoms. The monoisotopic (exact) mass is 290 g/mol. The van der Waals surface area contributed by atoms with E-state index in [1.165, 1.54) is 37.7 Å². The van der Waals surface area contributed by atoms with Gasteiger partial charge in [0.15, 0.2) is 0 Å². The van der Waals surface area contributed by atoms with E-state index in [0.29, 0.717) is 11.8 Å². The first-order chi connectivity index (χ1) is 10.1. The molecule has 1 aliphatic carbocycles. The molecule has 2 heteroatoms. The lowest BCUT2D eigenvalue weighted by Crippen LogP contribution is -2.31. The summed E-state index contributed by atoms with van der Waals surface area (Å²) in [7, 11) is 1.74. The third-order valence-corrected chi connectivity index (χ3v) is 4.63. The van der Waals surface area contributed by atoms with E-state index >= 15 is 0 Å². The standard InChI is InChI=1S/C19H30O2/c1-14(2)12-15-8-7-11-17(13-15)18(20)19(21-3)16-9-5-4-6-10-16/h7-8,11,13-14,16,18-20H,4-6,9-10,12H2,1-3H3. The van der Waals surface area contributed by atoms with E-state index in [2.05, 4.69) is 32.0 Å². The smallest absolute Gasteiger partial charge is 0.105 e.